The van der Waals surface area contributed by atoms with E-state index >= 15 is 0 Å². The number of aryl methyl sites for hydroxylation is 1. The maximum absolute atomic E-state index is 12.7. The van der Waals surface area contributed by atoms with E-state index in [1.807, 2.05) is 25.1 Å². The van der Waals surface area contributed by atoms with Gasteiger partial charge in [-0.05, 0) is 18.2 Å². The molecule has 0 radical (unpaired) electrons. The van der Waals surface area contributed by atoms with E-state index in [1.165, 1.54) is 0 Å². The van der Waals surface area contributed by atoms with Crippen LogP contribution in [0.15, 0.2) is 34.7 Å². The van der Waals surface area contributed by atoms with Crippen LogP contribution in [0.25, 0.3) is 11.3 Å². The van der Waals surface area contributed by atoms with E-state index in [0.717, 1.165) is 17.0 Å². The molecule has 0 aliphatic carbocycles. The fraction of sp³-hybridized carbons (Fsp3) is 0.235. The molecule has 3 aromatic rings. The maximum Gasteiger partial charge on any atom is 0.272 e. The van der Waals surface area contributed by atoms with Gasteiger partial charge in [0.05, 0.1) is 12.2 Å². The number of aromatic nitrogens is 3. The van der Waals surface area contributed by atoms with Crippen molar-refractivity contribution in [3.05, 3.63) is 58.4 Å². The molecule has 4 rings (SSSR count). The number of nitrogens with one attached hydrogen (secondary N) is 1. The van der Waals surface area contributed by atoms with Crippen molar-refractivity contribution in [1.29, 1.82) is 0 Å². The highest BCUT2D eigenvalue weighted by Crippen LogP contribution is 2.24. The van der Waals surface area contributed by atoms with Crippen molar-refractivity contribution in [1.82, 2.24) is 20.1 Å². The molecule has 2 aromatic heterocycles. The molecule has 7 heteroatoms. The largest absolute Gasteiger partial charge is 0.446 e. The lowest BCUT2D eigenvalue weighted by Crippen LogP contribution is -2.36. The molecule has 0 bridgehead atoms. The number of hydrogen-bond acceptors (Lipinski definition) is 4. The van der Waals surface area contributed by atoms with Crippen molar-refractivity contribution in [2.24, 2.45) is 0 Å². The molecule has 122 valence electrons. The van der Waals surface area contributed by atoms with Crippen LogP contribution in [-0.4, -0.2) is 32.5 Å². The lowest BCUT2D eigenvalue weighted by atomic mass is 10.1. The summed E-state index contributed by atoms with van der Waals surface area (Å²) in [6.07, 6.45) is 0.678. The fourth-order valence-electron chi connectivity index (χ4n) is 2.90. The van der Waals surface area contributed by atoms with E-state index in [2.05, 4.69) is 15.2 Å². The Balaban J connectivity index is 1.55. The molecule has 0 unspecified atom stereocenters. The lowest BCUT2D eigenvalue weighted by molar-refractivity contribution is 0.0722. The Hall–Kier alpha value is -2.60. The van der Waals surface area contributed by atoms with E-state index in [-0.39, 0.29) is 5.91 Å². The summed E-state index contributed by atoms with van der Waals surface area (Å²) in [5.41, 5.74) is 2.84. The van der Waals surface area contributed by atoms with Gasteiger partial charge in [0.1, 0.15) is 17.1 Å². The highest BCUT2D eigenvalue weighted by Gasteiger charge is 2.26. The number of rotatable bonds is 2. The van der Waals surface area contributed by atoms with E-state index in [1.54, 1.807) is 17.0 Å². The Morgan fingerprint density at radius 3 is 3.08 bits per heavy atom. The first-order valence-corrected chi connectivity index (χ1v) is 8.04. The number of fused-ring (bicyclic) bond motifs is 1. The van der Waals surface area contributed by atoms with Crippen molar-refractivity contribution >= 4 is 17.5 Å². The first kappa shape index (κ1) is 15.0. The number of oxazole rings is 1. The highest BCUT2D eigenvalue weighted by atomic mass is 35.5. The van der Waals surface area contributed by atoms with Crippen LogP contribution in [0.5, 0.6) is 0 Å². The Morgan fingerprint density at radius 2 is 2.25 bits per heavy atom. The molecule has 0 fully saturated rings. The summed E-state index contributed by atoms with van der Waals surface area (Å²) in [7, 11) is 0. The van der Waals surface area contributed by atoms with Crippen LogP contribution in [0.3, 0.4) is 0 Å². The normalized spacial score (nSPS) is 13.8. The van der Waals surface area contributed by atoms with Gasteiger partial charge < -0.3 is 9.32 Å². The molecular weight excluding hydrogens is 328 g/mol. The van der Waals surface area contributed by atoms with Crippen LogP contribution in [0.4, 0.5) is 0 Å². The Labute approximate surface area is 143 Å². The summed E-state index contributed by atoms with van der Waals surface area (Å²) in [4.78, 5) is 18.8. The van der Waals surface area contributed by atoms with Crippen molar-refractivity contribution in [3.8, 4) is 11.3 Å². The van der Waals surface area contributed by atoms with E-state index in [9.17, 15) is 4.79 Å². The van der Waals surface area contributed by atoms with Gasteiger partial charge in [-0.1, -0.05) is 23.7 Å². The molecule has 1 aliphatic rings. The molecule has 1 amide bonds. The molecule has 1 aliphatic heterocycles. The third-order valence-electron chi connectivity index (χ3n) is 4.05. The van der Waals surface area contributed by atoms with Crippen LogP contribution in [0.2, 0.25) is 5.02 Å². The number of halogens is 1. The summed E-state index contributed by atoms with van der Waals surface area (Å²) in [6, 6.07) is 9.12. The first-order chi connectivity index (χ1) is 11.6. The summed E-state index contributed by atoms with van der Waals surface area (Å²) in [5, 5.41) is 7.68. The van der Waals surface area contributed by atoms with Gasteiger partial charge in [-0.2, -0.15) is 5.10 Å². The van der Waals surface area contributed by atoms with Crippen molar-refractivity contribution in [3.63, 3.8) is 0 Å². The van der Waals surface area contributed by atoms with Gasteiger partial charge in [0.25, 0.3) is 5.91 Å². The number of nitrogens with zero attached hydrogens (tertiary/aromatic N) is 3. The minimum Gasteiger partial charge on any atom is -0.446 e. The average Bonchev–Trinajstić information content (AvgIpc) is 3.19. The second-order valence-corrected chi connectivity index (χ2v) is 6.19. The SMILES string of the molecule is Cc1nc2c(o1)CCN(C(=O)c1cc(-c3cccc(Cl)c3)n[nH]1)C2. The zero-order chi connectivity index (χ0) is 16.7. The predicted octanol–water partition coefficient (Wildman–Crippen LogP) is 3.23. The smallest absolute Gasteiger partial charge is 0.272 e. The lowest BCUT2D eigenvalue weighted by Gasteiger charge is -2.24. The number of carbonyl (C=O) groups is 1. The number of H-pyrrole nitrogens is 1. The van der Waals surface area contributed by atoms with Crippen LogP contribution in [0.1, 0.15) is 27.8 Å². The molecule has 0 spiro atoms. The summed E-state index contributed by atoms with van der Waals surface area (Å²) in [5.74, 6) is 1.42. The topological polar surface area (TPSA) is 75.0 Å². The fourth-order valence-corrected chi connectivity index (χ4v) is 3.09. The first-order valence-electron chi connectivity index (χ1n) is 7.66. The number of carbonyl (C=O) groups excluding carboxylic acids is 1. The van der Waals surface area contributed by atoms with Crippen molar-refractivity contribution in [2.75, 3.05) is 6.54 Å². The Morgan fingerprint density at radius 1 is 1.38 bits per heavy atom. The van der Waals surface area contributed by atoms with E-state index < -0.39 is 0 Å². The minimum absolute atomic E-state index is 0.0953. The molecule has 6 nitrogen and oxygen atoms in total. The number of aromatic amines is 1. The standard InChI is InChI=1S/C17H15ClN4O2/c1-10-19-15-9-22(6-5-16(15)24-10)17(23)14-8-13(20-21-14)11-3-2-4-12(18)7-11/h2-4,7-8H,5-6,9H2,1H3,(H,20,21). The van der Waals surface area contributed by atoms with Gasteiger partial charge in [0.2, 0.25) is 0 Å². The van der Waals surface area contributed by atoms with Gasteiger partial charge in [-0.25, -0.2) is 4.98 Å². The average molecular weight is 343 g/mol. The molecule has 0 saturated heterocycles. The second kappa shape index (κ2) is 5.79. The second-order valence-electron chi connectivity index (χ2n) is 5.76. The van der Waals surface area contributed by atoms with Gasteiger partial charge in [-0.3, -0.25) is 9.89 Å². The third kappa shape index (κ3) is 2.69. The zero-order valence-electron chi connectivity index (χ0n) is 13.0. The Kier molecular flexibility index (Phi) is 3.61. The number of amides is 1. The third-order valence-corrected chi connectivity index (χ3v) is 4.29. The number of hydrogen-bond donors (Lipinski definition) is 1. The van der Waals surface area contributed by atoms with E-state index in [0.29, 0.717) is 41.8 Å². The molecule has 0 saturated carbocycles. The van der Waals surface area contributed by atoms with Gasteiger partial charge >= 0.3 is 0 Å². The van der Waals surface area contributed by atoms with Crippen molar-refractivity contribution < 1.29 is 9.21 Å². The maximum atomic E-state index is 12.7. The van der Waals surface area contributed by atoms with Crippen LogP contribution in [-0.2, 0) is 13.0 Å². The highest BCUT2D eigenvalue weighted by molar-refractivity contribution is 6.30. The van der Waals surface area contributed by atoms with Crippen LogP contribution in [0, 0.1) is 6.92 Å². The van der Waals surface area contributed by atoms with Crippen LogP contribution >= 0.6 is 11.6 Å². The van der Waals surface area contributed by atoms with Gasteiger partial charge in [-0.15, -0.1) is 0 Å². The van der Waals surface area contributed by atoms with Gasteiger partial charge in [0.15, 0.2) is 5.89 Å². The quantitative estimate of drug-likeness (QED) is 0.775. The molecular formula is C17H15ClN4O2. The zero-order valence-corrected chi connectivity index (χ0v) is 13.8. The molecule has 1 aromatic carbocycles. The monoisotopic (exact) mass is 342 g/mol. The molecule has 3 heterocycles. The molecule has 1 N–H and O–H groups in total. The number of benzene rings is 1. The van der Waals surface area contributed by atoms with Crippen LogP contribution < -0.4 is 0 Å². The minimum atomic E-state index is -0.0953. The summed E-state index contributed by atoms with van der Waals surface area (Å²) < 4.78 is 5.53. The van der Waals surface area contributed by atoms with Gasteiger partial charge in [0, 0.05) is 30.5 Å². The molecule has 24 heavy (non-hydrogen) atoms. The Bertz CT molecular complexity index is 915. The predicted molar refractivity (Wildman–Crippen MR) is 88.7 cm³/mol. The summed E-state index contributed by atoms with van der Waals surface area (Å²) >= 11 is 6.01. The molecule has 0 atom stereocenters. The summed E-state index contributed by atoms with van der Waals surface area (Å²) in [6.45, 7) is 2.87. The van der Waals surface area contributed by atoms with E-state index in [4.69, 9.17) is 16.0 Å². The van der Waals surface area contributed by atoms with Crippen molar-refractivity contribution in [2.45, 2.75) is 19.9 Å².